The molecule has 0 radical (unpaired) electrons. The van der Waals surface area contributed by atoms with Crippen LogP contribution in [0.2, 0.25) is 0 Å². The highest BCUT2D eigenvalue weighted by Crippen LogP contribution is 2.25. The van der Waals surface area contributed by atoms with Crippen molar-refractivity contribution >= 4 is 17.7 Å². The summed E-state index contributed by atoms with van der Waals surface area (Å²) in [6.07, 6.45) is -1.10. The van der Waals surface area contributed by atoms with Gasteiger partial charge in [-0.05, 0) is 38.1 Å². The fourth-order valence-corrected chi connectivity index (χ4v) is 2.18. The Kier molecular flexibility index (Phi) is 4.83. The molecule has 134 valence electrons. The summed E-state index contributed by atoms with van der Waals surface area (Å²) in [7, 11) is 0. The van der Waals surface area contributed by atoms with Crippen molar-refractivity contribution in [2.24, 2.45) is 0 Å². The molecule has 0 bridgehead atoms. The third-order valence-electron chi connectivity index (χ3n) is 3.48. The average molecular weight is 358 g/mol. The van der Waals surface area contributed by atoms with E-state index in [0.717, 1.165) is 0 Å². The topological polar surface area (TPSA) is 94.6 Å². The van der Waals surface area contributed by atoms with E-state index in [4.69, 9.17) is 13.7 Å². The summed E-state index contributed by atoms with van der Waals surface area (Å²) >= 11 is 0. The molecule has 0 aliphatic carbocycles. The van der Waals surface area contributed by atoms with E-state index in [1.54, 1.807) is 19.1 Å². The van der Waals surface area contributed by atoms with Crippen LogP contribution in [0.4, 0.5) is 10.2 Å². The van der Waals surface area contributed by atoms with E-state index in [2.05, 4.69) is 10.5 Å². The van der Waals surface area contributed by atoms with Crippen molar-refractivity contribution in [2.45, 2.75) is 20.0 Å². The summed E-state index contributed by atoms with van der Waals surface area (Å²) < 4.78 is 29.0. The number of furan rings is 1. The molecule has 2 aromatic heterocycles. The lowest BCUT2D eigenvalue weighted by atomic mass is 10.1. The summed E-state index contributed by atoms with van der Waals surface area (Å²) in [6, 6.07) is 10.4. The molecule has 0 saturated heterocycles. The van der Waals surface area contributed by atoms with Gasteiger partial charge in [-0.25, -0.2) is 9.18 Å². The number of nitrogens with zero attached hydrogens (tertiary/aromatic N) is 1. The summed E-state index contributed by atoms with van der Waals surface area (Å²) in [5.41, 5.74) is 0.221. The predicted octanol–water partition coefficient (Wildman–Crippen LogP) is 3.57. The first kappa shape index (κ1) is 17.4. The van der Waals surface area contributed by atoms with Gasteiger partial charge in [-0.2, -0.15) is 0 Å². The Morgan fingerprint density at radius 1 is 1.23 bits per heavy atom. The number of halogens is 1. The molecule has 0 spiro atoms. The zero-order valence-corrected chi connectivity index (χ0v) is 14.0. The van der Waals surface area contributed by atoms with Crippen LogP contribution >= 0.6 is 0 Å². The maximum Gasteiger partial charge on any atom is 0.375 e. The molecule has 2 heterocycles. The van der Waals surface area contributed by atoms with Gasteiger partial charge < -0.3 is 19.0 Å². The maximum atomic E-state index is 13.8. The zero-order valence-electron chi connectivity index (χ0n) is 14.0. The Bertz CT molecular complexity index is 946. The van der Waals surface area contributed by atoms with Crippen LogP contribution < -0.4 is 5.32 Å². The number of rotatable bonds is 5. The van der Waals surface area contributed by atoms with Gasteiger partial charge >= 0.3 is 5.97 Å². The Morgan fingerprint density at radius 3 is 2.69 bits per heavy atom. The van der Waals surface area contributed by atoms with Gasteiger partial charge in [0.05, 0.1) is 5.56 Å². The van der Waals surface area contributed by atoms with E-state index in [1.807, 2.05) is 0 Å². The second-order valence-corrected chi connectivity index (χ2v) is 5.50. The molecule has 8 heteroatoms. The minimum Gasteiger partial charge on any atom is -0.449 e. The monoisotopic (exact) mass is 358 g/mol. The van der Waals surface area contributed by atoms with Crippen molar-refractivity contribution in [2.75, 3.05) is 5.32 Å². The first-order chi connectivity index (χ1) is 12.4. The molecule has 1 N–H and O–H groups in total. The van der Waals surface area contributed by atoms with Crippen LogP contribution in [0.15, 0.2) is 51.4 Å². The molecule has 7 nitrogen and oxygen atoms in total. The van der Waals surface area contributed by atoms with Crippen LogP contribution in [0, 0.1) is 12.7 Å². The molecule has 1 atom stereocenters. The largest absolute Gasteiger partial charge is 0.449 e. The number of carbonyl (C=O) groups is 2. The predicted molar refractivity (Wildman–Crippen MR) is 88.8 cm³/mol. The van der Waals surface area contributed by atoms with E-state index in [1.165, 1.54) is 37.3 Å². The minimum atomic E-state index is -1.10. The molecule has 26 heavy (non-hydrogen) atoms. The quantitative estimate of drug-likeness (QED) is 0.701. The molecule has 0 aliphatic rings. The number of ether oxygens (including phenoxy) is 1. The first-order valence-electron chi connectivity index (χ1n) is 7.74. The number of anilines is 1. The second kappa shape index (κ2) is 7.22. The normalized spacial score (nSPS) is 11.8. The van der Waals surface area contributed by atoms with Gasteiger partial charge in [-0.1, -0.05) is 17.3 Å². The Balaban J connectivity index is 1.64. The van der Waals surface area contributed by atoms with Crippen LogP contribution in [0.1, 0.15) is 23.2 Å². The fourth-order valence-electron chi connectivity index (χ4n) is 2.18. The molecule has 0 fully saturated rings. The van der Waals surface area contributed by atoms with Crippen molar-refractivity contribution in [1.82, 2.24) is 5.16 Å². The molecular formula is C18H15FN2O5. The van der Waals surface area contributed by atoms with Gasteiger partial charge in [0, 0.05) is 6.07 Å². The standard InChI is InChI=1S/C18H15FN2O5/c1-10-9-16(21-26-10)20-17(22)11(2)24-18(23)15-8-7-14(25-15)12-5-3-4-6-13(12)19/h3-9,11H,1-2H3,(H,20,21,22)/t11-/m0/s1. The van der Waals surface area contributed by atoms with Crippen molar-refractivity contribution in [3.63, 3.8) is 0 Å². The van der Waals surface area contributed by atoms with E-state index in [-0.39, 0.29) is 22.9 Å². The number of amides is 1. The van der Waals surface area contributed by atoms with Crippen molar-refractivity contribution in [1.29, 1.82) is 0 Å². The van der Waals surface area contributed by atoms with Gasteiger partial charge in [0.1, 0.15) is 17.3 Å². The first-order valence-corrected chi connectivity index (χ1v) is 7.74. The van der Waals surface area contributed by atoms with Gasteiger partial charge in [0.15, 0.2) is 11.9 Å². The van der Waals surface area contributed by atoms with E-state index >= 15 is 0 Å². The van der Waals surface area contributed by atoms with Crippen molar-refractivity contribution in [3.05, 3.63) is 59.8 Å². The third kappa shape index (κ3) is 3.80. The van der Waals surface area contributed by atoms with Crippen LogP contribution in [-0.4, -0.2) is 23.1 Å². The Hall–Kier alpha value is -3.42. The summed E-state index contributed by atoms with van der Waals surface area (Å²) in [4.78, 5) is 24.1. The van der Waals surface area contributed by atoms with Crippen molar-refractivity contribution in [3.8, 4) is 11.3 Å². The highest BCUT2D eigenvalue weighted by molar-refractivity contribution is 5.96. The number of aromatic nitrogens is 1. The van der Waals surface area contributed by atoms with Crippen molar-refractivity contribution < 1.29 is 27.7 Å². The minimum absolute atomic E-state index is 0.139. The van der Waals surface area contributed by atoms with Gasteiger partial charge in [-0.3, -0.25) is 4.79 Å². The van der Waals surface area contributed by atoms with Crippen LogP contribution in [0.5, 0.6) is 0 Å². The highest BCUT2D eigenvalue weighted by atomic mass is 19.1. The summed E-state index contributed by atoms with van der Waals surface area (Å²) in [6.45, 7) is 3.08. The zero-order chi connectivity index (χ0) is 18.7. The van der Waals surface area contributed by atoms with Crippen LogP contribution in [-0.2, 0) is 9.53 Å². The molecule has 1 aromatic carbocycles. The van der Waals surface area contributed by atoms with Crippen LogP contribution in [0.3, 0.4) is 0 Å². The third-order valence-corrected chi connectivity index (χ3v) is 3.48. The average Bonchev–Trinajstić information content (AvgIpc) is 3.24. The smallest absolute Gasteiger partial charge is 0.375 e. The van der Waals surface area contributed by atoms with Gasteiger partial charge in [0.2, 0.25) is 5.76 Å². The molecule has 0 unspecified atom stereocenters. The van der Waals surface area contributed by atoms with Gasteiger partial charge in [0.25, 0.3) is 5.91 Å². The number of hydrogen-bond donors (Lipinski definition) is 1. The fraction of sp³-hybridized carbons (Fsp3) is 0.167. The number of esters is 1. The lowest BCUT2D eigenvalue weighted by Gasteiger charge is -2.11. The lowest BCUT2D eigenvalue weighted by Crippen LogP contribution is -2.30. The number of hydrogen-bond acceptors (Lipinski definition) is 6. The van der Waals surface area contributed by atoms with Crippen LogP contribution in [0.25, 0.3) is 11.3 Å². The molecule has 3 rings (SSSR count). The molecule has 1 amide bonds. The number of nitrogens with one attached hydrogen (secondary N) is 1. The Labute approximate surface area is 147 Å². The summed E-state index contributed by atoms with van der Waals surface area (Å²) in [5.74, 6) is -1.10. The van der Waals surface area contributed by atoms with E-state index < -0.39 is 23.8 Å². The Morgan fingerprint density at radius 2 is 2.00 bits per heavy atom. The van der Waals surface area contributed by atoms with E-state index in [9.17, 15) is 14.0 Å². The van der Waals surface area contributed by atoms with E-state index in [0.29, 0.717) is 5.76 Å². The highest BCUT2D eigenvalue weighted by Gasteiger charge is 2.22. The number of carbonyl (C=O) groups excluding carboxylic acids is 2. The number of benzene rings is 1. The maximum absolute atomic E-state index is 13.8. The SMILES string of the molecule is Cc1cc(NC(=O)[C@H](C)OC(=O)c2ccc(-c3ccccc3F)o2)no1. The lowest BCUT2D eigenvalue weighted by molar-refractivity contribution is -0.123. The molecule has 3 aromatic rings. The number of aryl methyl sites for hydroxylation is 1. The second-order valence-electron chi connectivity index (χ2n) is 5.50. The molecule has 0 saturated carbocycles. The molecule has 0 aliphatic heterocycles. The summed E-state index contributed by atoms with van der Waals surface area (Å²) in [5, 5.41) is 6.08. The van der Waals surface area contributed by atoms with Gasteiger partial charge in [-0.15, -0.1) is 0 Å². The molecular weight excluding hydrogens is 343 g/mol.